The number of alkyl halides is 3. The van der Waals surface area contributed by atoms with Crippen molar-refractivity contribution in [1.82, 2.24) is 9.97 Å². The van der Waals surface area contributed by atoms with Crippen molar-refractivity contribution in [2.75, 3.05) is 24.6 Å². The number of nitrogens with zero attached hydrogens (tertiary/aromatic N) is 3. The Kier molecular flexibility index (Phi) is 3.98. The van der Waals surface area contributed by atoms with Crippen molar-refractivity contribution in [3.63, 3.8) is 0 Å². The van der Waals surface area contributed by atoms with Crippen molar-refractivity contribution in [1.29, 1.82) is 0 Å². The minimum absolute atomic E-state index is 0.280. The maximum absolute atomic E-state index is 12.6. The summed E-state index contributed by atoms with van der Waals surface area (Å²) in [5.74, 6) is 0.739. The standard InChI is InChI=1S/C15H14F3N3O/c16-15(17,18)12-3-1-11(2-4-12)13-10-21(7-8-22-13)14-9-19-5-6-20-14/h1-6,9,13H,7-8,10H2/t13-/m1/s1. The van der Waals surface area contributed by atoms with Gasteiger partial charge < -0.3 is 9.64 Å². The highest BCUT2D eigenvalue weighted by Gasteiger charge is 2.31. The van der Waals surface area contributed by atoms with E-state index in [-0.39, 0.29) is 6.10 Å². The molecular formula is C15H14F3N3O. The third-order valence-electron chi connectivity index (χ3n) is 3.55. The molecule has 1 aliphatic heterocycles. The summed E-state index contributed by atoms with van der Waals surface area (Å²) in [7, 11) is 0. The maximum Gasteiger partial charge on any atom is 0.416 e. The van der Waals surface area contributed by atoms with Gasteiger partial charge in [-0.15, -0.1) is 0 Å². The van der Waals surface area contributed by atoms with Gasteiger partial charge in [0.05, 0.1) is 18.4 Å². The third-order valence-corrected chi connectivity index (χ3v) is 3.55. The van der Waals surface area contributed by atoms with Crippen LogP contribution < -0.4 is 4.90 Å². The predicted molar refractivity (Wildman–Crippen MR) is 74.4 cm³/mol. The molecule has 1 saturated heterocycles. The number of benzene rings is 1. The van der Waals surface area contributed by atoms with Gasteiger partial charge >= 0.3 is 6.18 Å². The number of halogens is 3. The molecule has 2 heterocycles. The Morgan fingerprint density at radius 3 is 2.55 bits per heavy atom. The van der Waals surface area contributed by atoms with Gasteiger partial charge in [-0.1, -0.05) is 12.1 Å². The van der Waals surface area contributed by atoms with E-state index in [1.807, 2.05) is 4.90 Å². The van der Waals surface area contributed by atoms with Crippen LogP contribution >= 0.6 is 0 Å². The van der Waals surface area contributed by atoms with Crippen LogP contribution in [0.4, 0.5) is 19.0 Å². The molecule has 4 nitrogen and oxygen atoms in total. The lowest BCUT2D eigenvalue weighted by molar-refractivity contribution is -0.137. The number of aromatic nitrogens is 2. The SMILES string of the molecule is FC(F)(F)c1ccc([C@H]2CN(c3cnccn3)CCO2)cc1. The lowest BCUT2D eigenvalue weighted by Gasteiger charge is -2.33. The zero-order chi connectivity index (χ0) is 15.6. The first kappa shape index (κ1) is 14.8. The van der Waals surface area contributed by atoms with Gasteiger partial charge in [0.15, 0.2) is 0 Å². The molecular weight excluding hydrogens is 295 g/mol. The largest absolute Gasteiger partial charge is 0.416 e. The fraction of sp³-hybridized carbons (Fsp3) is 0.333. The molecule has 116 valence electrons. The zero-order valence-corrected chi connectivity index (χ0v) is 11.6. The average Bonchev–Trinajstić information content (AvgIpc) is 2.55. The van der Waals surface area contributed by atoms with E-state index in [0.717, 1.165) is 23.5 Å². The van der Waals surface area contributed by atoms with E-state index in [4.69, 9.17) is 4.74 Å². The van der Waals surface area contributed by atoms with Crippen LogP contribution in [0.15, 0.2) is 42.9 Å². The average molecular weight is 309 g/mol. The summed E-state index contributed by atoms with van der Waals surface area (Å²) >= 11 is 0. The van der Waals surface area contributed by atoms with Crippen LogP contribution in [0.25, 0.3) is 0 Å². The summed E-state index contributed by atoms with van der Waals surface area (Å²) in [5, 5.41) is 0. The molecule has 22 heavy (non-hydrogen) atoms. The molecule has 0 saturated carbocycles. The second-order valence-corrected chi connectivity index (χ2v) is 4.99. The Morgan fingerprint density at radius 1 is 1.14 bits per heavy atom. The maximum atomic E-state index is 12.6. The molecule has 0 aliphatic carbocycles. The zero-order valence-electron chi connectivity index (χ0n) is 11.6. The molecule has 0 bridgehead atoms. The Balaban J connectivity index is 1.75. The van der Waals surface area contributed by atoms with E-state index in [2.05, 4.69) is 9.97 Å². The van der Waals surface area contributed by atoms with E-state index >= 15 is 0 Å². The Bertz CT molecular complexity index is 616. The van der Waals surface area contributed by atoms with Gasteiger partial charge in [-0.05, 0) is 17.7 Å². The van der Waals surface area contributed by atoms with E-state index in [9.17, 15) is 13.2 Å². The molecule has 1 aromatic carbocycles. The summed E-state index contributed by atoms with van der Waals surface area (Å²) < 4.78 is 43.4. The lowest BCUT2D eigenvalue weighted by Crippen LogP contribution is -2.38. The first-order valence-corrected chi connectivity index (χ1v) is 6.84. The van der Waals surface area contributed by atoms with E-state index in [1.165, 1.54) is 12.1 Å². The van der Waals surface area contributed by atoms with Gasteiger partial charge in [0.1, 0.15) is 11.9 Å². The number of ether oxygens (including phenoxy) is 1. The van der Waals surface area contributed by atoms with Gasteiger partial charge in [0.2, 0.25) is 0 Å². The second-order valence-electron chi connectivity index (χ2n) is 4.99. The molecule has 0 amide bonds. The van der Waals surface area contributed by atoms with Crippen LogP contribution in [0.3, 0.4) is 0 Å². The fourth-order valence-corrected chi connectivity index (χ4v) is 2.40. The lowest BCUT2D eigenvalue weighted by atomic mass is 10.1. The van der Waals surface area contributed by atoms with Gasteiger partial charge in [0, 0.05) is 25.5 Å². The summed E-state index contributed by atoms with van der Waals surface area (Å²) in [4.78, 5) is 10.3. The van der Waals surface area contributed by atoms with Crippen molar-refractivity contribution < 1.29 is 17.9 Å². The Hall–Kier alpha value is -2.15. The summed E-state index contributed by atoms with van der Waals surface area (Å²) in [6.45, 7) is 1.70. The van der Waals surface area contributed by atoms with Crippen molar-refractivity contribution in [2.45, 2.75) is 12.3 Å². The molecule has 3 rings (SSSR count). The predicted octanol–water partition coefficient (Wildman–Crippen LogP) is 3.07. The smallest absolute Gasteiger partial charge is 0.370 e. The molecule has 1 aromatic heterocycles. The Morgan fingerprint density at radius 2 is 1.91 bits per heavy atom. The van der Waals surface area contributed by atoms with Crippen LogP contribution in [0.2, 0.25) is 0 Å². The van der Waals surface area contributed by atoms with Crippen molar-refractivity contribution >= 4 is 5.82 Å². The highest BCUT2D eigenvalue weighted by Crippen LogP contribution is 2.31. The number of rotatable bonds is 2. The minimum Gasteiger partial charge on any atom is -0.370 e. The molecule has 0 N–H and O–H groups in total. The molecule has 1 atom stereocenters. The van der Waals surface area contributed by atoms with E-state index in [0.29, 0.717) is 19.7 Å². The highest BCUT2D eigenvalue weighted by molar-refractivity contribution is 5.37. The minimum atomic E-state index is -4.32. The summed E-state index contributed by atoms with van der Waals surface area (Å²) in [6.07, 6.45) is 0.264. The third kappa shape index (κ3) is 3.19. The molecule has 1 aliphatic rings. The number of morpholine rings is 1. The topological polar surface area (TPSA) is 38.2 Å². The molecule has 0 spiro atoms. The second kappa shape index (κ2) is 5.92. The van der Waals surface area contributed by atoms with Gasteiger partial charge in [-0.2, -0.15) is 13.2 Å². The number of hydrogen-bond donors (Lipinski definition) is 0. The quantitative estimate of drug-likeness (QED) is 0.854. The van der Waals surface area contributed by atoms with Crippen molar-refractivity contribution in [2.24, 2.45) is 0 Å². The van der Waals surface area contributed by atoms with Crippen LogP contribution in [-0.2, 0) is 10.9 Å². The van der Waals surface area contributed by atoms with Gasteiger partial charge in [-0.3, -0.25) is 4.98 Å². The van der Waals surface area contributed by atoms with Crippen LogP contribution in [0.5, 0.6) is 0 Å². The van der Waals surface area contributed by atoms with E-state index < -0.39 is 11.7 Å². The molecule has 0 radical (unpaired) electrons. The van der Waals surface area contributed by atoms with Crippen LogP contribution in [0, 0.1) is 0 Å². The molecule has 2 aromatic rings. The van der Waals surface area contributed by atoms with Gasteiger partial charge in [-0.25, -0.2) is 4.98 Å². The van der Waals surface area contributed by atoms with Crippen LogP contribution in [0.1, 0.15) is 17.2 Å². The highest BCUT2D eigenvalue weighted by atomic mass is 19.4. The first-order chi connectivity index (χ1) is 10.5. The monoisotopic (exact) mass is 309 g/mol. The number of hydrogen-bond acceptors (Lipinski definition) is 4. The normalized spacial score (nSPS) is 19.2. The fourth-order valence-electron chi connectivity index (χ4n) is 2.40. The van der Waals surface area contributed by atoms with Crippen LogP contribution in [-0.4, -0.2) is 29.7 Å². The van der Waals surface area contributed by atoms with Crippen molar-refractivity contribution in [3.05, 3.63) is 54.0 Å². The van der Waals surface area contributed by atoms with Gasteiger partial charge in [0.25, 0.3) is 0 Å². The molecule has 7 heteroatoms. The van der Waals surface area contributed by atoms with E-state index in [1.54, 1.807) is 18.6 Å². The molecule has 1 fully saturated rings. The molecule has 0 unspecified atom stereocenters. The Labute approximate surface area is 125 Å². The first-order valence-electron chi connectivity index (χ1n) is 6.84. The summed E-state index contributed by atoms with van der Waals surface area (Å²) in [6, 6.07) is 5.10. The number of anilines is 1. The summed E-state index contributed by atoms with van der Waals surface area (Å²) in [5.41, 5.74) is 0.0689. The van der Waals surface area contributed by atoms with Crippen molar-refractivity contribution in [3.8, 4) is 0 Å².